The number of carboxylic acids is 1. The molecule has 1 heterocycles. The van der Waals surface area contributed by atoms with Crippen LogP contribution in [0.25, 0.3) is 10.6 Å². The van der Waals surface area contributed by atoms with Gasteiger partial charge in [-0.25, -0.2) is 9.78 Å². The van der Waals surface area contributed by atoms with E-state index in [1.54, 1.807) is 12.1 Å². The third-order valence-electron chi connectivity index (χ3n) is 3.57. The lowest BCUT2D eigenvalue weighted by Gasteiger charge is -2.11. The highest BCUT2D eigenvalue weighted by atomic mass is 32.2. The number of nitrogens with zero attached hydrogens (tertiary/aromatic N) is 1. The average Bonchev–Trinajstić information content (AvgIpc) is 3.13. The van der Waals surface area contributed by atoms with Gasteiger partial charge < -0.3 is 14.9 Å². The molecule has 0 unspecified atom stereocenters. The lowest BCUT2D eigenvalue weighted by Crippen LogP contribution is -2.14. The topological polar surface area (TPSA) is 126 Å². The van der Waals surface area contributed by atoms with Crippen molar-refractivity contribution in [3.63, 3.8) is 0 Å². The zero-order chi connectivity index (χ0) is 19.6. The van der Waals surface area contributed by atoms with Crippen LogP contribution in [0, 0.1) is 0 Å². The summed E-state index contributed by atoms with van der Waals surface area (Å²) in [6.07, 6.45) is 0. The third kappa shape index (κ3) is 4.01. The van der Waals surface area contributed by atoms with Gasteiger partial charge >= 0.3 is 5.97 Å². The van der Waals surface area contributed by atoms with Crippen molar-refractivity contribution >= 4 is 33.0 Å². The van der Waals surface area contributed by atoms with E-state index >= 15 is 0 Å². The van der Waals surface area contributed by atoms with E-state index in [0.717, 1.165) is 11.3 Å². The zero-order valence-electron chi connectivity index (χ0n) is 13.9. The fraction of sp³-hybridized carbons (Fsp3) is 0.0588. The van der Waals surface area contributed by atoms with E-state index in [4.69, 9.17) is 9.84 Å². The first-order valence-corrected chi connectivity index (χ1v) is 9.85. The van der Waals surface area contributed by atoms with Crippen molar-refractivity contribution in [1.29, 1.82) is 0 Å². The number of methoxy groups -OCH3 is 1. The number of aromatic carboxylic acids is 1. The quantitative estimate of drug-likeness (QED) is 0.574. The number of hydrogen-bond donors (Lipinski definition) is 3. The Bertz CT molecular complexity index is 1090. The summed E-state index contributed by atoms with van der Waals surface area (Å²) < 4.78 is 32.6. The second-order valence-electron chi connectivity index (χ2n) is 5.36. The van der Waals surface area contributed by atoms with Crippen LogP contribution >= 0.6 is 11.3 Å². The Morgan fingerprint density at radius 2 is 1.89 bits per heavy atom. The van der Waals surface area contributed by atoms with Gasteiger partial charge in [-0.1, -0.05) is 0 Å². The number of carbonyl (C=O) groups is 1. The number of ether oxygens (including phenoxy) is 1. The highest BCUT2D eigenvalue weighted by Gasteiger charge is 2.21. The van der Waals surface area contributed by atoms with Crippen LogP contribution in [-0.4, -0.2) is 36.7 Å². The molecule has 0 fully saturated rings. The van der Waals surface area contributed by atoms with Crippen molar-refractivity contribution in [2.24, 2.45) is 0 Å². The first-order chi connectivity index (χ1) is 12.8. The Labute approximate surface area is 158 Å². The molecule has 0 radical (unpaired) electrons. The molecule has 0 aliphatic carbocycles. The van der Waals surface area contributed by atoms with Crippen molar-refractivity contribution in [2.45, 2.75) is 5.03 Å². The monoisotopic (exact) mass is 406 g/mol. The van der Waals surface area contributed by atoms with Crippen LogP contribution in [0.1, 0.15) is 10.4 Å². The maximum Gasteiger partial charge on any atom is 0.335 e. The summed E-state index contributed by atoms with van der Waals surface area (Å²) in [4.78, 5) is 15.2. The molecular weight excluding hydrogens is 392 g/mol. The van der Waals surface area contributed by atoms with Gasteiger partial charge in [0.1, 0.15) is 16.5 Å². The van der Waals surface area contributed by atoms with E-state index in [1.165, 1.54) is 42.8 Å². The van der Waals surface area contributed by atoms with E-state index in [-0.39, 0.29) is 27.8 Å². The van der Waals surface area contributed by atoms with Crippen LogP contribution in [0.5, 0.6) is 11.5 Å². The number of thiazole rings is 1. The number of aromatic nitrogens is 1. The maximum absolute atomic E-state index is 12.6. The third-order valence-corrected chi connectivity index (χ3v) is 5.85. The fourth-order valence-electron chi connectivity index (χ4n) is 2.22. The molecule has 3 N–H and O–H groups in total. The number of nitrogens with one attached hydrogen (secondary N) is 1. The predicted molar refractivity (Wildman–Crippen MR) is 100.0 cm³/mol. The minimum Gasteiger partial charge on any atom is -0.508 e. The van der Waals surface area contributed by atoms with Crippen LogP contribution in [-0.2, 0) is 10.0 Å². The Morgan fingerprint density at radius 1 is 1.19 bits per heavy atom. The zero-order valence-corrected chi connectivity index (χ0v) is 15.5. The smallest absolute Gasteiger partial charge is 0.335 e. The molecule has 0 aliphatic heterocycles. The molecule has 0 atom stereocenters. The van der Waals surface area contributed by atoms with Gasteiger partial charge in [0.25, 0.3) is 10.0 Å². The first kappa shape index (κ1) is 18.7. The lowest BCUT2D eigenvalue weighted by atomic mass is 10.2. The van der Waals surface area contributed by atoms with Crippen molar-refractivity contribution in [3.05, 3.63) is 53.4 Å². The average molecular weight is 406 g/mol. The van der Waals surface area contributed by atoms with Crippen molar-refractivity contribution < 1.29 is 28.2 Å². The first-order valence-electron chi connectivity index (χ1n) is 7.49. The van der Waals surface area contributed by atoms with Crippen LogP contribution in [0.2, 0.25) is 0 Å². The van der Waals surface area contributed by atoms with E-state index in [2.05, 4.69) is 9.71 Å². The molecule has 140 valence electrons. The van der Waals surface area contributed by atoms with Gasteiger partial charge in [-0.15, -0.1) is 11.3 Å². The summed E-state index contributed by atoms with van der Waals surface area (Å²) in [5, 5.41) is 20.0. The molecule has 0 amide bonds. The van der Waals surface area contributed by atoms with E-state index in [9.17, 15) is 18.3 Å². The van der Waals surface area contributed by atoms with E-state index in [0.29, 0.717) is 10.6 Å². The van der Waals surface area contributed by atoms with Gasteiger partial charge in [0, 0.05) is 10.9 Å². The summed E-state index contributed by atoms with van der Waals surface area (Å²) in [6, 6.07) is 10.0. The standard InChI is InChI=1S/C17H14N2O6S2/c1-25-14-8-11(17(21)22)4-7-13(14)19-27(23,24)15-9-26-16(18-15)10-2-5-12(20)6-3-10/h2-9,19-20H,1H3,(H,21,22). The number of benzene rings is 2. The van der Waals surface area contributed by atoms with Crippen molar-refractivity contribution in [3.8, 4) is 22.1 Å². The Kier molecular flexibility index (Phi) is 5.02. The maximum atomic E-state index is 12.6. The SMILES string of the molecule is COc1cc(C(=O)O)ccc1NS(=O)(=O)c1csc(-c2ccc(O)cc2)n1. The van der Waals surface area contributed by atoms with Crippen LogP contribution < -0.4 is 9.46 Å². The summed E-state index contributed by atoms with van der Waals surface area (Å²) >= 11 is 1.14. The number of aromatic hydroxyl groups is 1. The largest absolute Gasteiger partial charge is 0.508 e. The molecule has 8 nitrogen and oxygen atoms in total. The number of sulfonamides is 1. The molecular formula is C17H14N2O6S2. The predicted octanol–water partition coefficient (Wildman–Crippen LogP) is 3.02. The number of hydrogen-bond acceptors (Lipinski definition) is 7. The summed E-state index contributed by atoms with van der Waals surface area (Å²) in [5.41, 5.74) is 0.738. The Hall–Kier alpha value is -3.11. The minimum atomic E-state index is -4.00. The molecule has 27 heavy (non-hydrogen) atoms. The second-order valence-corrected chi connectivity index (χ2v) is 7.85. The van der Waals surface area contributed by atoms with Gasteiger partial charge in [-0.2, -0.15) is 8.42 Å². The number of phenols is 1. The fourth-order valence-corrected chi connectivity index (χ4v) is 4.40. The Morgan fingerprint density at radius 3 is 2.52 bits per heavy atom. The van der Waals surface area contributed by atoms with E-state index in [1.807, 2.05) is 0 Å². The minimum absolute atomic E-state index is 0.0296. The normalized spacial score (nSPS) is 11.1. The summed E-state index contributed by atoms with van der Waals surface area (Å²) in [5.74, 6) is -0.977. The second kappa shape index (κ2) is 7.25. The molecule has 3 aromatic rings. The van der Waals surface area contributed by atoms with Gasteiger partial charge in [0.05, 0.1) is 18.4 Å². The van der Waals surface area contributed by atoms with Crippen LogP contribution in [0.4, 0.5) is 5.69 Å². The molecule has 0 spiro atoms. The highest BCUT2D eigenvalue weighted by Crippen LogP contribution is 2.30. The number of anilines is 1. The van der Waals surface area contributed by atoms with Crippen molar-refractivity contribution in [1.82, 2.24) is 4.98 Å². The van der Waals surface area contributed by atoms with Crippen LogP contribution in [0.3, 0.4) is 0 Å². The molecule has 1 aromatic heterocycles. The lowest BCUT2D eigenvalue weighted by molar-refractivity contribution is 0.0696. The van der Waals surface area contributed by atoms with Gasteiger partial charge in [0.2, 0.25) is 0 Å². The van der Waals surface area contributed by atoms with Gasteiger partial charge in [0.15, 0.2) is 5.03 Å². The summed E-state index contributed by atoms with van der Waals surface area (Å²) in [7, 11) is -2.69. The highest BCUT2D eigenvalue weighted by molar-refractivity contribution is 7.92. The van der Waals surface area contributed by atoms with Gasteiger partial charge in [-0.3, -0.25) is 4.72 Å². The molecule has 0 bridgehead atoms. The van der Waals surface area contributed by atoms with Crippen LogP contribution in [0.15, 0.2) is 52.9 Å². The summed E-state index contributed by atoms with van der Waals surface area (Å²) in [6.45, 7) is 0. The molecule has 3 rings (SSSR count). The molecule has 0 saturated heterocycles. The number of carboxylic acid groups (broad SMARTS) is 1. The molecule has 0 aliphatic rings. The Balaban J connectivity index is 1.89. The number of phenolic OH excluding ortho intramolecular Hbond substituents is 1. The van der Waals surface area contributed by atoms with Gasteiger partial charge in [-0.05, 0) is 42.5 Å². The number of rotatable bonds is 6. The molecule has 2 aromatic carbocycles. The van der Waals surface area contributed by atoms with Crippen molar-refractivity contribution in [2.75, 3.05) is 11.8 Å². The van der Waals surface area contributed by atoms with E-state index < -0.39 is 16.0 Å². The molecule has 10 heteroatoms. The molecule has 0 saturated carbocycles.